The number of aldehydes is 2. The summed E-state index contributed by atoms with van der Waals surface area (Å²) in [6.07, 6.45) is 2.33. The molecule has 4 bridgehead atoms. The highest BCUT2D eigenvalue weighted by Gasteiger charge is 2.62. The summed E-state index contributed by atoms with van der Waals surface area (Å²) in [6, 6.07) is 33.0. The number of carbonyl (C=O) groups is 2. The summed E-state index contributed by atoms with van der Waals surface area (Å²) in [5.74, 6) is -0.409. The molecule has 6 aliphatic carbocycles. The Morgan fingerprint density at radius 2 is 0.688 bits per heavy atom. The molecule has 0 saturated carbocycles. The molecule has 0 saturated heterocycles. The number of hydrogen-bond acceptors (Lipinski definition) is 2. The second-order valence-corrected chi connectivity index (χ2v) is 9.19. The van der Waals surface area contributed by atoms with Crippen molar-refractivity contribution in [2.75, 3.05) is 0 Å². The average molecular weight is 412 g/mol. The lowest BCUT2D eigenvalue weighted by molar-refractivity contribution is -0.112. The van der Waals surface area contributed by atoms with Gasteiger partial charge in [0.05, 0.1) is 10.8 Å². The Bertz CT molecular complexity index is 1240. The lowest BCUT2D eigenvalue weighted by Crippen LogP contribution is -2.54. The first-order valence-corrected chi connectivity index (χ1v) is 11.1. The molecule has 0 spiro atoms. The van der Waals surface area contributed by atoms with E-state index in [0.29, 0.717) is 0 Å². The van der Waals surface area contributed by atoms with E-state index < -0.39 is 10.8 Å². The Labute approximate surface area is 186 Å². The maximum Gasteiger partial charge on any atom is 0.135 e. The van der Waals surface area contributed by atoms with Crippen molar-refractivity contribution in [1.29, 1.82) is 0 Å². The maximum absolute atomic E-state index is 13.4. The van der Waals surface area contributed by atoms with Crippen molar-refractivity contribution in [2.45, 2.75) is 22.7 Å². The molecule has 2 nitrogen and oxygen atoms in total. The molecule has 0 amide bonds. The van der Waals surface area contributed by atoms with Crippen molar-refractivity contribution >= 4 is 12.6 Å². The van der Waals surface area contributed by atoms with Gasteiger partial charge in [-0.15, -0.1) is 0 Å². The lowest BCUT2D eigenvalue weighted by atomic mass is 9.43. The summed E-state index contributed by atoms with van der Waals surface area (Å²) in [5, 5.41) is 0. The maximum atomic E-state index is 13.4. The van der Waals surface area contributed by atoms with Crippen molar-refractivity contribution in [1.82, 2.24) is 0 Å². The largest absolute Gasteiger partial charge is 0.302 e. The van der Waals surface area contributed by atoms with E-state index in [1.165, 1.54) is 12.6 Å². The lowest BCUT2D eigenvalue weighted by Gasteiger charge is -2.57. The number of benzene rings is 4. The summed E-state index contributed by atoms with van der Waals surface area (Å²) in [7, 11) is 0. The molecule has 4 aromatic carbocycles. The fraction of sp³-hybridized carbons (Fsp3) is 0.133. The van der Waals surface area contributed by atoms with Gasteiger partial charge in [0, 0.05) is 11.8 Å². The fourth-order valence-corrected chi connectivity index (χ4v) is 7.12. The van der Waals surface area contributed by atoms with Crippen molar-refractivity contribution < 1.29 is 9.59 Å². The Hall–Kier alpha value is -3.78. The molecule has 152 valence electrons. The van der Waals surface area contributed by atoms with Gasteiger partial charge in [-0.1, -0.05) is 97.1 Å². The smallest absolute Gasteiger partial charge is 0.135 e. The van der Waals surface area contributed by atoms with Crippen molar-refractivity contribution in [3.63, 3.8) is 0 Å². The first-order chi connectivity index (χ1) is 15.8. The fourth-order valence-electron chi connectivity index (χ4n) is 7.12. The van der Waals surface area contributed by atoms with Crippen LogP contribution in [0.3, 0.4) is 0 Å². The van der Waals surface area contributed by atoms with Gasteiger partial charge in [0.15, 0.2) is 0 Å². The van der Waals surface area contributed by atoms with E-state index in [0.717, 1.165) is 44.5 Å². The van der Waals surface area contributed by atoms with Crippen molar-refractivity contribution in [3.05, 3.63) is 142 Å². The molecule has 0 radical (unpaired) electrons. The highest BCUT2D eigenvalue weighted by atomic mass is 16.1. The topological polar surface area (TPSA) is 34.1 Å². The van der Waals surface area contributed by atoms with Gasteiger partial charge < -0.3 is 9.59 Å². The van der Waals surface area contributed by atoms with Crippen LogP contribution in [-0.4, -0.2) is 12.6 Å². The number of hydrogen-bond donors (Lipinski definition) is 0. The van der Waals surface area contributed by atoms with Gasteiger partial charge in [-0.25, -0.2) is 0 Å². The zero-order valence-electron chi connectivity index (χ0n) is 17.4. The number of carbonyl (C=O) groups excluding carboxylic acids is 2. The van der Waals surface area contributed by atoms with E-state index in [1.807, 2.05) is 48.5 Å². The molecule has 6 aliphatic rings. The monoisotopic (exact) mass is 412 g/mol. The Balaban J connectivity index is 1.81. The highest BCUT2D eigenvalue weighted by molar-refractivity contribution is 5.92. The third-order valence-corrected chi connectivity index (χ3v) is 8.15. The van der Waals surface area contributed by atoms with Crippen molar-refractivity contribution in [2.24, 2.45) is 0 Å². The van der Waals surface area contributed by atoms with Gasteiger partial charge in [-0.3, -0.25) is 0 Å². The van der Waals surface area contributed by atoms with Gasteiger partial charge >= 0.3 is 0 Å². The number of rotatable bonds is 2. The van der Waals surface area contributed by atoms with Gasteiger partial charge in [0.2, 0.25) is 0 Å². The zero-order chi connectivity index (χ0) is 21.5. The van der Waals surface area contributed by atoms with Crippen LogP contribution in [0.1, 0.15) is 56.3 Å². The van der Waals surface area contributed by atoms with E-state index in [-0.39, 0.29) is 11.8 Å². The van der Waals surface area contributed by atoms with Crippen LogP contribution in [0.4, 0.5) is 0 Å². The summed E-state index contributed by atoms with van der Waals surface area (Å²) >= 11 is 0. The van der Waals surface area contributed by atoms with Crippen LogP contribution in [0.25, 0.3) is 0 Å². The normalized spacial score (nSPS) is 27.9. The average Bonchev–Trinajstić information content (AvgIpc) is 2.85. The molecule has 0 atom stereocenters. The van der Waals surface area contributed by atoms with Crippen LogP contribution in [0.5, 0.6) is 0 Å². The molecule has 0 aliphatic heterocycles. The summed E-state index contributed by atoms with van der Waals surface area (Å²) in [4.78, 5) is 26.8. The molecule has 0 fully saturated rings. The Morgan fingerprint density at radius 1 is 0.438 bits per heavy atom. The first kappa shape index (κ1) is 17.9. The predicted octanol–water partition coefficient (Wildman–Crippen LogP) is 5.26. The molecular weight excluding hydrogens is 392 g/mol. The van der Waals surface area contributed by atoms with Gasteiger partial charge in [0.1, 0.15) is 12.6 Å². The molecule has 0 unspecified atom stereocenters. The van der Waals surface area contributed by atoms with Crippen LogP contribution < -0.4 is 0 Å². The third kappa shape index (κ3) is 1.73. The predicted molar refractivity (Wildman–Crippen MR) is 123 cm³/mol. The minimum Gasteiger partial charge on any atom is -0.302 e. The van der Waals surface area contributed by atoms with E-state index >= 15 is 0 Å². The first-order valence-electron chi connectivity index (χ1n) is 11.1. The molecule has 0 aromatic heterocycles. The third-order valence-electron chi connectivity index (χ3n) is 8.15. The molecule has 10 rings (SSSR count). The summed E-state index contributed by atoms with van der Waals surface area (Å²) < 4.78 is 0. The van der Waals surface area contributed by atoms with Gasteiger partial charge in [-0.2, -0.15) is 0 Å². The quantitative estimate of drug-likeness (QED) is 0.421. The molecule has 4 aromatic rings. The molecule has 2 heteroatoms. The van der Waals surface area contributed by atoms with Crippen LogP contribution in [0.15, 0.2) is 97.1 Å². The van der Waals surface area contributed by atoms with Crippen molar-refractivity contribution in [3.8, 4) is 0 Å². The standard InChI is InChI=1S/C30H20O2/c31-17-29-23-13-5-1-9-19(23)27(20-10-2-6-14-24(20)29)30(18-32)25-15-7-3-11-21(25)28(29)22-12-4-8-16-26(22)30/h1-18,27-28H. The van der Waals surface area contributed by atoms with Gasteiger partial charge in [-0.05, 0) is 44.5 Å². The van der Waals surface area contributed by atoms with E-state index in [1.54, 1.807) is 0 Å². The highest BCUT2D eigenvalue weighted by Crippen LogP contribution is 2.67. The van der Waals surface area contributed by atoms with Crippen LogP contribution in [0.2, 0.25) is 0 Å². The minimum atomic E-state index is -0.856. The van der Waals surface area contributed by atoms with Crippen LogP contribution in [0, 0.1) is 0 Å². The van der Waals surface area contributed by atoms with E-state index in [2.05, 4.69) is 48.5 Å². The summed E-state index contributed by atoms with van der Waals surface area (Å²) in [6.45, 7) is 0. The second kappa shape index (κ2) is 5.92. The van der Waals surface area contributed by atoms with E-state index in [9.17, 15) is 9.59 Å². The molecule has 32 heavy (non-hydrogen) atoms. The van der Waals surface area contributed by atoms with Crippen LogP contribution >= 0.6 is 0 Å². The minimum absolute atomic E-state index is 0.205. The SMILES string of the molecule is O=CC12c3ccccc3C(c3ccccc31)C1(C=O)c3ccccc3C2c2ccccc21. The molecule has 0 N–H and O–H groups in total. The Kier molecular flexibility index (Phi) is 3.30. The second-order valence-electron chi connectivity index (χ2n) is 9.19. The Morgan fingerprint density at radius 3 is 0.938 bits per heavy atom. The van der Waals surface area contributed by atoms with E-state index in [4.69, 9.17) is 0 Å². The molecule has 0 heterocycles. The van der Waals surface area contributed by atoms with Crippen LogP contribution in [-0.2, 0) is 20.4 Å². The van der Waals surface area contributed by atoms with Gasteiger partial charge in [0.25, 0.3) is 0 Å². The summed E-state index contributed by atoms with van der Waals surface area (Å²) in [5.41, 5.74) is 6.73. The molecular formula is C30H20O2. The zero-order valence-corrected chi connectivity index (χ0v) is 17.4.